The van der Waals surface area contributed by atoms with Gasteiger partial charge in [0.25, 0.3) is 0 Å². The van der Waals surface area contributed by atoms with Crippen molar-refractivity contribution < 1.29 is 4.92 Å². The van der Waals surface area contributed by atoms with Gasteiger partial charge in [-0.1, -0.05) is 11.6 Å². The molecule has 0 atom stereocenters. The highest BCUT2D eigenvalue weighted by molar-refractivity contribution is 9.10. The van der Waals surface area contributed by atoms with Gasteiger partial charge in [0.15, 0.2) is 5.15 Å². The predicted molar refractivity (Wildman–Crippen MR) is 71.2 cm³/mol. The van der Waals surface area contributed by atoms with Crippen LogP contribution in [0.25, 0.3) is 0 Å². The molecule has 2 rings (SSSR count). The molecule has 0 fully saturated rings. The molecule has 2 aromatic rings. The lowest BCUT2D eigenvalue weighted by atomic mass is 10.3. The highest BCUT2D eigenvalue weighted by Crippen LogP contribution is 2.14. The minimum absolute atomic E-state index is 0.0727. The van der Waals surface area contributed by atoms with E-state index in [1.807, 2.05) is 0 Å². The van der Waals surface area contributed by atoms with E-state index in [4.69, 9.17) is 11.6 Å². The molecule has 7 nitrogen and oxygen atoms in total. The molecule has 0 saturated heterocycles. The molecular weight excluding hydrogens is 339 g/mol. The smallest absolute Gasteiger partial charge is 0.302 e. The zero-order valence-corrected chi connectivity index (χ0v) is 11.6. The van der Waals surface area contributed by atoms with Crippen molar-refractivity contribution in [2.75, 3.05) is 0 Å². The SMILES string of the molecule is O=c1c([N+](=O)[O-])cc(Br)cn1Cc1ccc(Cl)nn1. The summed E-state index contributed by atoms with van der Waals surface area (Å²) in [6, 6.07) is 4.28. The topological polar surface area (TPSA) is 90.9 Å². The largest absolute Gasteiger partial charge is 0.335 e. The van der Waals surface area contributed by atoms with Gasteiger partial charge in [-0.3, -0.25) is 14.9 Å². The normalized spacial score (nSPS) is 10.4. The first-order valence-corrected chi connectivity index (χ1v) is 6.17. The third-order valence-electron chi connectivity index (χ3n) is 2.25. The fourth-order valence-corrected chi connectivity index (χ4v) is 2.00. The number of halogens is 2. The summed E-state index contributed by atoms with van der Waals surface area (Å²) in [5.41, 5.74) is -0.736. The van der Waals surface area contributed by atoms with Gasteiger partial charge in [-0.2, -0.15) is 5.10 Å². The molecule has 0 bridgehead atoms. The number of nitrogens with zero attached hydrogens (tertiary/aromatic N) is 4. The molecule has 0 aliphatic carbocycles. The van der Waals surface area contributed by atoms with E-state index in [9.17, 15) is 14.9 Å². The summed E-state index contributed by atoms with van der Waals surface area (Å²) in [5.74, 6) is 0. The molecule has 0 radical (unpaired) electrons. The van der Waals surface area contributed by atoms with E-state index in [0.29, 0.717) is 10.2 Å². The first kappa shape index (κ1) is 13.6. The molecule has 0 saturated carbocycles. The van der Waals surface area contributed by atoms with Gasteiger partial charge in [-0.25, -0.2) is 0 Å². The second kappa shape index (κ2) is 5.45. The average molecular weight is 346 g/mol. The van der Waals surface area contributed by atoms with Crippen LogP contribution in [0.15, 0.2) is 33.7 Å². The van der Waals surface area contributed by atoms with Crippen molar-refractivity contribution in [3.63, 3.8) is 0 Å². The second-order valence-electron chi connectivity index (χ2n) is 3.58. The summed E-state index contributed by atoms with van der Waals surface area (Å²) >= 11 is 8.72. The molecule has 9 heteroatoms. The molecule has 0 unspecified atom stereocenters. The van der Waals surface area contributed by atoms with Crippen molar-refractivity contribution in [3.8, 4) is 0 Å². The molecule has 0 spiro atoms. The van der Waals surface area contributed by atoms with Crippen LogP contribution in [0.4, 0.5) is 5.69 Å². The van der Waals surface area contributed by atoms with Gasteiger partial charge in [0.05, 0.1) is 17.2 Å². The third-order valence-corrected chi connectivity index (χ3v) is 2.89. The zero-order chi connectivity index (χ0) is 14.0. The van der Waals surface area contributed by atoms with E-state index in [0.717, 1.165) is 6.07 Å². The van der Waals surface area contributed by atoms with Gasteiger partial charge in [-0.05, 0) is 28.1 Å². The Balaban J connectivity index is 2.43. The molecule has 19 heavy (non-hydrogen) atoms. The van der Waals surface area contributed by atoms with Gasteiger partial charge < -0.3 is 4.57 Å². The van der Waals surface area contributed by atoms with Crippen LogP contribution < -0.4 is 5.56 Å². The van der Waals surface area contributed by atoms with Crippen molar-refractivity contribution in [3.05, 3.63) is 60.2 Å². The molecule has 0 aliphatic rings. The Kier molecular flexibility index (Phi) is 3.91. The Labute approximate surface area is 120 Å². The average Bonchev–Trinajstić information content (AvgIpc) is 2.35. The van der Waals surface area contributed by atoms with Gasteiger partial charge in [-0.15, -0.1) is 5.10 Å². The molecule has 0 amide bonds. The summed E-state index contributed by atoms with van der Waals surface area (Å²) < 4.78 is 1.61. The van der Waals surface area contributed by atoms with Crippen LogP contribution >= 0.6 is 27.5 Å². The summed E-state index contributed by atoms with van der Waals surface area (Å²) in [6.45, 7) is 0.0727. The number of nitro groups is 1. The van der Waals surface area contributed by atoms with Crippen LogP contribution in [0.1, 0.15) is 5.69 Å². The molecule has 2 aromatic heterocycles. The maximum atomic E-state index is 11.9. The second-order valence-corrected chi connectivity index (χ2v) is 4.88. The predicted octanol–water partition coefficient (Wildman–Crippen LogP) is 2.01. The number of hydrogen-bond acceptors (Lipinski definition) is 5. The molecule has 98 valence electrons. The van der Waals surface area contributed by atoms with E-state index < -0.39 is 16.2 Å². The van der Waals surface area contributed by atoms with Crippen LogP contribution in [0.2, 0.25) is 5.15 Å². The Hall–Kier alpha value is -1.80. The lowest BCUT2D eigenvalue weighted by Crippen LogP contribution is -2.23. The molecule has 0 aliphatic heterocycles. The van der Waals surface area contributed by atoms with Gasteiger partial charge in [0, 0.05) is 16.7 Å². The number of aromatic nitrogens is 3. The fourth-order valence-electron chi connectivity index (χ4n) is 1.43. The standard InChI is InChI=1S/C10H6BrClN4O3/c11-6-3-8(16(18)19)10(17)15(4-6)5-7-1-2-9(12)14-13-7/h1-4H,5H2. The Morgan fingerprint density at radius 3 is 2.74 bits per heavy atom. The quantitative estimate of drug-likeness (QED) is 0.627. The zero-order valence-electron chi connectivity index (χ0n) is 9.29. The lowest BCUT2D eigenvalue weighted by molar-refractivity contribution is -0.386. The summed E-state index contributed by atoms with van der Waals surface area (Å²) in [7, 11) is 0. The van der Waals surface area contributed by atoms with Crippen molar-refractivity contribution in [2.45, 2.75) is 6.54 Å². The van der Waals surface area contributed by atoms with Gasteiger partial charge in [0.2, 0.25) is 0 Å². The molecular formula is C10H6BrClN4O3. The minimum atomic E-state index is -0.725. The van der Waals surface area contributed by atoms with Crippen molar-refractivity contribution in [1.29, 1.82) is 0 Å². The molecule has 0 aromatic carbocycles. The van der Waals surface area contributed by atoms with E-state index in [2.05, 4.69) is 26.1 Å². The van der Waals surface area contributed by atoms with E-state index in [1.54, 1.807) is 6.07 Å². The first-order chi connectivity index (χ1) is 8.97. The van der Waals surface area contributed by atoms with Crippen molar-refractivity contribution >= 4 is 33.2 Å². The number of pyridine rings is 1. The fraction of sp³-hybridized carbons (Fsp3) is 0.100. The maximum Gasteiger partial charge on any atom is 0.335 e. The maximum absolute atomic E-state index is 11.9. The third kappa shape index (κ3) is 3.15. The highest BCUT2D eigenvalue weighted by Gasteiger charge is 2.16. The van der Waals surface area contributed by atoms with Gasteiger partial charge >= 0.3 is 11.2 Å². The van der Waals surface area contributed by atoms with E-state index in [1.165, 1.54) is 16.8 Å². The Morgan fingerprint density at radius 2 is 2.16 bits per heavy atom. The Bertz CT molecular complexity index is 686. The van der Waals surface area contributed by atoms with Crippen LogP contribution in [-0.2, 0) is 6.54 Å². The van der Waals surface area contributed by atoms with Crippen molar-refractivity contribution in [1.82, 2.24) is 14.8 Å². The van der Waals surface area contributed by atoms with Crippen LogP contribution in [-0.4, -0.2) is 19.7 Å². The summed E-state index contributed by atoms with van der Waals surface area (Å²) in [5, 5.41) is 18.4. The summed E-state index contributed by atoms with van der Waals surface area (Å²) in [4.78, 5) is 21.9. The number of rotatable bonds is 3. The Morgan fingerprint density at radius 1 is 1.42 bits per heavy atom. The van der Waals surface area contributed by atoms with Gasteiger partial charge in [0.1, 0.15) is 0 Å². The molecule has 0 N–H and O–H groups in total. The minimum Gasteiger partial charge on any atom is -0.302 e. The van der Waals surface area contributed by atoms with Crippen LogP contribution in [0.5, 0.6) is 0 Å². The van der Waals surface area contributed by atoms with E-state index in [-0.39, 0.29) is 11.7 Å². The van der Waals surface area contributed by atoms with E-state index >= 15 is 0 Å². The monoisotopic (exact) mass is 344 g/mol. The highest BCUT2D eigenvalue weighted by atomic mass is 79.9. The van der Waals surface area contributed by atoms with Crippen molar-refractivity contribution in [2.24, 2.45) is 0 Å². The first-order valence-electron chi connectivity index (χ1n) is 5.00. The molecule has 2 heterocycles. The number of hydrogen-bond donors (Lipinski definition) is 0. The van der Waals surface area contributed by atoms with Crippen LogP contribution in [0.3, 0.4) is 0 Å². The lowest BCUT2D eigenvalue weighted by Gasteiger charge is -2.05. The summed E-state index contributed by atoms with van der Waals surface area (Å²) in [6.07, 6.45) is 1.45. The van der Waals surface area contributed by atoms with Crippen LogP contribution in [0, 0.1) is 10.1 Å².